The molecule has 1 atom stereocenters. The lowest BCUT2D eigenvalue weighted by Gasteiger charge is -2.05. The Morgan fingerprint density at radius 3 is 2.82 bits per heavy atom. The van der Waals surface area contributed by atoms with Gasteiger partial charge in [-0.1, -0.05) is 0 Å². The van der Waals surface area contributed by atoms with Gasteiger partial charge in [0.2, 0.25) is 0 Å². The quantitative estimate of drug-likeness (QED) is 0.634. The van der Waals surface area contributed by atoms with E-state index in [2.05, 4.69) is 0 Å². The first kappa shape index (κ1) is 8.52. The van der Waals surface area contributed by atoms with Gasteiger partial charge in [-0.05, 0) is 23.4 Å². The zero-order chi connectivity index (χ0) is 8.27. The molecule has 4 heteroatoms. The Morgan fingerprint density at radius 2 is 2.36 bits per heavy atom. The first-order chi connectivity index (χ1) is 5.24. The molecule has 11 heavy (non-hydrogen) atoms. The molecule has 0 aliphatic carbocycles. The number of hydrogen-bond donors (Lipinski definition) is 3. The van der Waals surface area contributed by atoms with Crippen molar-refractivity contribution in [1.82, 2.24) is 0 Å². The highest BCUT2D eigenvalue weighted by Gasteiger charge is 2.06. The van der Waals surface area contributed by atoms with Crippen LogP contribution in [0.3, 0.4) is 0 Å². The SMILES string of the molecule is N[C@@H](CCO)c1csc(O)c1. The number of hydrogen-bond acceptors (Lipinski definition) is 4. The number of aliphatic hydroxyl groups is 1. The largest absolute Gasteiger partial charge is 0.499 e. The zero-order valence-corrected chi connectivity index (χ0v) is 6.84. The van der Waals surface area contributed by atoms with Crippen molar-refractivity contribution in [3.05, 3.63) is 17.0 Å². The molecule has 0 unspecified atom stereocenters. The lowest BCUT2D eigenvalue weighted by atomic mass is 10.1. The van der Waals surface area contributed by atoms with E-state index < -0.39 is 0 Å². The van der Waals surface area contributed by atoms with Crippen LogP contribution in [0.2, 0.25) is 0 Å². The molecule has 0 spiro atoms. The van der Waals surface area contributed by atoms with Crippen molar-refractivity contribution in [1.29, 1.82) is 0 Å². The fourth-order valence-corrected chi connectivity index (χ4v) is 1.54. The molecule has 0 saturated carbocycles. The van der Waals surface area contributed by atoms with Crippen molar-refractivity contribution in [2.45, 2.75) is 12.5 Å². The van der Waals surface area contributed by atoms with E-state index in [-0.39, 0.29) is 17.7 Å². The Bertz CT molecular complexity index is 224. The second-order valence-electron chi connectivity index (χ2n) is 2.34. The summed E-state index contributed by atoms with van der Waals surface area (Å²) in [4.78, 5) is 0. The Hall–Kier alpha value is -0.580. The summed E-state index contributed by atoms with van der Waals surface area (Å²) in [6, 6.07) is 1.47. The maximum atomic E-state index is 8.97. The summed E-state index contributed by atoms with van der Waals surface area (Å²) >= 11 is 1.25. The second-order valence-corrected chi connectivity index (χ2v) is 3.23. The molecule has 1 aromatic heterocycles. The van der Waals surface area contributed by atoms with Gasteiger partial charge in [0.25, 0.3) is 0 Å². The molecule has 0 amide bonds. The first-order valence-corrected chi connectivity index (χ1v) is 4.26. The summed E-state index contributed by atoms with van der Waals surface area (Å²) in [5.41, 5.74) is 6.54. The van der Waals surface area contributed by atoms with Gasteiger partial charge in [0.1, 0.15) is 0 Å². The van der Waals surface area contributed by atoms with Gasteiger partial charge in [-0.3, -0.25) is 0 Å². The van der Waals surface area contributed by atoms with E-state index in [4.69, 9.17) is 15.9 Å². The van der Waals surface area contributed by atoms with Crippen LogP contribution in [0.15, 0.2) is 11.4 Å². The fraction of sp³-hybridized carbons (Fsp3) is 0.429. The van der Waals surface area contributed by atoms with Gasteiger partial charge < -0.3 is 15.9 Å². The van der Waals surface area contributed by atoms with Gasteiger partial charge in [-0.2, -0.15) is 0 Å². The summed E-state index contributed by atoms with van der Waals surface area (Å²) in [5.74, 6) is 0. The van der Waals surface area contributed by atoms with Crippen molar-refractivity contribution >= 4 is 11.3 Å². The average molecular weight is 173 g/mol. The Balaban J connectivity index is 2.60. The predicted molar refractivity (Wildman–Crippen MR) is 44.6 cm³/mol. The molecule has 0 aromatic carbocycles. The standard InChI is InChI=1S/C7H11NO2S/c8-6(1-2-9)5-3-7(10)11-4-5/h3-4,6,9-10H,1-2,8H2/t6-/m0/s1. The minimum absolute atomic E-state index is 0.0811. The highest BCUT2D eigenvalue weighted by atomic mass is 32.1. The van der Waals surface area contributed by atoms with Gasteiger partial charge >= 0.3 is 0 Å². The maximum absolute atomic E-state index is 8.97. The van der Waals surface area contributed by atoms with Crippen LogP contribution in [-0.2, 0) is 0 Å². The van der Waals surface area contributed by atoms with Gasteiger partial charge in [0.15, 0.2) is 5.06 Å². The third kappa shape index (κ3) is 2.18. The molecular formula is C7H11NO2S. The summed E-state index contributed by atoms with van der Waals surface area (Å²) in [5, 5.41) is 19.6. The Kier molecular flexibility index (Phi) is 2.87. The molecule has 3 nitrogen and oxygen atoms in total. The molecule has 4 N–H and O–H groups in total. The molecule has 1 heterocycles. The van der Waals surface area contributed by atoms with Crippen molar-refractivity contribution in [2.75, 3.05) is 6.61 Å². The van der Waals surface area contributed by atoms with E-state index in [9.17, 15) is 0 Å². The Labute approximate surface area is 69.1 Å². The number of rotatable bonds is 3. The van der Waals surface area contributed by atoms with E-state index in [1.54, 1.807) is 11.4 Å². The minimum atomic E-state index is -0.155. The number of aromatic hydroxyl groups is 1. The molecule has 62 valence electrons. The van der Waals surface area contributed by atoms with Crippen LogP contribution in [0.25, 0.3) is 0 Å². The molecule has 0 aliphatic heterocycles. The van der Waals surface area contributed by atoms with Crippen LogP contribution in [0.1, 0.15) is 18.0 Å². The molecule has 0 fully saturated rings. The molecule has 0 radical (unpaired) electrons. The van der Waals surface area contributed by atoms with Crippen molar-refractivity contribution in [2.24, 2.45) is 5.73 Å². The third-order valence-electron chi connectivity index (χ3n) is 1.47. The van der Waals surface area contributed by atoms with Crippen LogP contribution >= 0.6 is 11.3 Å². The molecule has 0 aliphatic rings. The molecule has 0 saturated heterocycles. The van der Waals surface area contributed by atoms with Gasteiger partial charge in [0.05, 0.1) is 0 Å². The van der Waals surface area contributed by atoms with Crippen LogP contribution in [0.5, 0.6) is 5.06 Å². The van der Waals surface area contributed by atoms with Crippen molar-refractivity contribution in [3.63, 3.8) is 0 Å². The normalized spacial score (nSPS) is 13.3. The summed E-state index contributed by atoms with van der Waals surface area (Å²) in [7, 11) is 0. The summed E-state index contributed by atoms with van der Waals surface area (Å²) in [6.45, 7) is 0.0811. The summed E-state index contributed by atoms with van der Waals surface area (Å²) in [6.07, 6.45) is 0.538. The number of aliphatic hydroxyl groups excluding tert-OH is 1. The van der Waals surface area contributed by atoms with E-state index in [0.29, 0.717) is 6.42 Å². The average Bonchev–Trinajstić information content (AvgIpc) is 2.36. The lowest BCUT2D eigenvalue weighted by molar-refractivity contribution is 0.276. The number of nitrogens with two attached hydrogens (primary N) is 1. The highest BCUT2D eigenvalue weighted by Crippen LogP contribution is 2.25. The van der Waals surface area contributed by atoms with Gasteiger partial charge in [0, 0.05) is 12.6 Å². The van der Waals surface area contributed by atoms with E-state index >= 15 is 0 Å². The molecule has 1 aromatic rings. The van der Waals surface area contributed by atoms with E-state index in [1.165, 1.54) is 11.3 Å². The van der Waals surface area contributed by atoms with Gasteiger partial charge in [-0.25, -0.2) is 0 Å². The highest BCUT2D eigenvalue weighted by molar-refractivity contribution is 7.11. The van der Waals surface area contributed by atoms with Crippen molar-refractivity contribution < 1.29 is 10.2 Å². The van der Waals surface area contributed by atoms with Crippen LogP contribution < -0.4 is 5.73 Å². The van der Waals surface area contributed by atoms with Crippen molar-refractivity contribution in [3.8, 4) is 5.06 Å². The second kappa shape index (κ2) is 3.71. The minimum Gasteiger partial charge on any atom is -0.499 e. The smallest absolute Gasteiger partial charge is 0.171 e. The first-order valence-electron chi connectivity index (χ1n) is 3.38. The monoisotopic (exact) mass is 173 g/mol. The molecular weight excluding hydrogens is 162 g/mol. The lowest BCUT2D eigenvalue weighted by Crippen LogP contribution is -2.10. The van der Waals surface area contributed by atoms with Gasteiger partial charge in [-0.15, -0.1) is 11.3 Å². The molecule has 0 bridgehead atoms. The Morgan fingerprint density at radius 1 is 1.64 bits per heavy atom. The predicted octanol–water partition coefficient (Wildman–Crippen LogP) is 0.836. The van der Waals surface area contributed by atoms with Crippen LogP contribution in [0.4, 0.5) is 0 Å². The number of thiophene rings is 1. The maximum Gasteiger partial charge on any atom is 0.171 e. The van der Waals surface area contributed by atoms with E-state index in [1.807, 2.05) is 0 Å². The topological polar surface area (TPSA) is 66.5 Å². The summed E-state index contributed by atoms with van der Waals surface area (Å²) < 4.78 is 0. The zero-order valence-electron chi connectivity index (χ0n) is 6.03. The van der Waals surface area contributed by atoms with Crippen LogP contribution in [-0.4, -0.2) is 16.8 Å². The van der Waals surface area contributed by atoms with Crippen LogP contribution in [0, 0.1) is 0 Å². The molecule has 1 rings (SSSR count). The fourth-order valence-electron chi connectivity index (χ4n) is 0.839. The third-order valence-corrected chi connectivity index (χ3v) is 2.22. The van der Waals surface area contributed by atoms with E-state index in [0.717, 1.165) is 5.56 Å².